The van der Waals surface area contributed by atoms with Gasteiger partial charge >= 0.3 is 12.1 Å². The molecule has 0 spiro atoms. The lowest BCUT2D eigenvalue weighted by atomic mass is 10.0. The van der Waals surface area contributed by atoms with E-state index in [0.717, 1.165) is 13.0 Å². The number of carboxylic acids is 1. The van der Waals surface area contributed by atoms with E-state index in [-0.39, 0.29) is 29.6 Å². The van der Waals surface area contributed by atoms with E-state index in [0.29, 0.717) is 29.0 Å². The number of alkyl carbamates (subject to hydrolysis) is 1. The lowest BCUT2D eigenvalue weighted by Gasteiger charge is -2.31. The van der Waals surface area contributed by atoms with Gasteiger partial charge in [-0.3, -0.25) is 0 Å². The van der Waals surface area contributed by atoms with Crippen LogP contribution in [-0.4, -0.2) is 56.6 Å². The summed E-state index contributed by atoms with van der Waals surface area (Å²) in [7, 11) is 0. The van der Waals surface area contributed by atoms with E-state index in [2.05, 4.69) is 20.3 Å². The van der Waals surface area contributed by atoms with Crippen molar-refractivity contribution in [2.45, 2.75) is 51.9 Å². The summed E-state index contributed by atoms with van der Waals surface area (Å²) >= 11 is 0. The standard InChI is InChI=1S/C26H30FN5O5/c1-14(11-28-25(35)37-26(2,3)4)36-20-6-5-16(27)10-18(20)22-17-9-15(17)13-31(22)21-7-8-32-23(30-21)19(12-29-32)24(33)34/h5-8,10,12,14-15,17,22H,9,11,13H2,1-4H3,(H,28,35)(H,33,34)/t14-,15?,17?,22?/m0/s1. The predicted molar refractivity (Wildman–Crippen MR) is 132 cm³/mol. The van der Waals surface area contributed by atoms with E-state index in [1.54, 1.807) is 39.1 Å². The van der Waals surface area contributed by atoms with Gasteiger partial charge in [0.2, 0.25) is 0 Å². The van der Waals surface area contributed by atoms with Gasteiger partial charge in [0.15, 0.2) is 5.65 Å². The zero-order chi connectivity index (χ0) is 26.5. The number of piperidine rings is 1. The molecule has 2 fully saturated rings. The maximum absolute atomic E-state index is 14.5. The maximum atomic E-state index is 14.5. The third-order valence-corrected chi connectivity index (χ3v) is 6.58. The van der Waals surface area contributed by atoms with E-state index < -0.39 is 23.8 Å². The van der Waals surface area contributed by atoms with Crippen LogP contribution in [0.2, 0.25) is 0 Å². The van der Waals surface area contributed by atoms with Gasteiger partial charge < -0.3 is 24.8 Å². The number of carboxylic acid groups (broad SMARTS) is 1. The van der Waals surface area contributed by atoms with E-state index in [4.69, 9.17) is 9.47 Å². The molecule has 1 aliphatic carbocycles. The van der Waals surface area contributed by atoms with Crippen LogP contribution in [0.5, 0.6) is 5.75 Å². The average Bonchev–Trinajstić information content (AvgIpc) is 3.28. The number of anilines is 1. The number of amides is 1. The number of rotatable bonds is 7. The van der Waals surface area contributed by atoms with Crippen molar-refractivity contribution in [1.82, 2.24) is 19.9 Å². The Labute approximate surface area is 213 Å². The molecule has 1 aliphatic heterocycles. The number of hydrogen-bond donors (Lipinski definition) is 2. The van der Waals surface area contributed by atoms with Crippen LogP contribution in [0, 0.1) is 17.7 Å². The number of hydrogen-bond acceptors (Lipinski definition) is 7. The second-order valence-electron chi connectivity index (χ2n) is 10.7. The number of halogens is 1. The van der Waals surface area contributed by atoms with Gasteiger partial charge in [0.05, 0.1) is 18.8 Å². The molecule has 1 amide bonds. The van der Waals surface area contributed by atoms with Gasteiger partial charge in [0, 0.05) is 18.3 Å². The number of nitrogens with one attached hydrogen (secondary N) is 1. The number of fused-ring (bicyclic) bond motifs is 2. The van der Waals surface area contributed by atoms with E-state index in [1.165, 1.54) is 22.8 Å². The minimum absolute atomic E-state index is 0.0175. The van der Waals surface area contributed by atoms with Crippen LogP contribution in [0.15, 0.2) is 36.7 Å². The highest BCUT2D eigenvalue weighted by Gasteiger charge is 2.54. The molecule has 0 bridgehead atoms. The summed E-state index contributed by atoms with van der Waals surface area (Å²) in [5.41, 5.74) is 0.359. The smallest absolute Gasteiger partial charge is 0.407 e. The molecule has 1 aromatic carbocycles. The van der Waals surface area contributed by atoms with Gasteiger partial charge in [-0.2, -0.15) is 5.10 Å². The molecule has 11 heteroatoms. The summed E-state index contributed by atoms with van der Waals surface area (Å²) in [4.78, 5) is 30.3. The second kappa shape index (κ2) is 9.20. The summed E-state index contributed by atoms with van der Waals surface area (Å²) in [5.74, 6) is 0.394. The zero-order valence-corrected chi connectivity index (χ0v) is 21.1. The fourth-order valence-corrected chi connectivity index (χ4v) is 4.93. The van der Waals surface area contributed by atoms with Crippen LogP contribution >= 0.6 is 0 Å². The van der Waals surface area contributed by atoms with E-state index in [1.807, 2.05) is 6.92 Å². The SMILES string of the molecule is C[C@@H](CNC(=O)OC(C)(C)C)Oc1ccc(F)cc1C1C2CC2CN1c1ccn2ncc(C(=O)O)c2n1. The van der Waals surface area contributed by atoms with Gasteiger partial charge in [-0.1, -0.05) is 0 Å². The molecule has 3 aromatic rings. The number of carbonyl (C=O) groups is 2. The highest BCUT2D eigenvalue weighted by Crippen LogP contribution is 2.58. The maximum Gasteiger partial charge on any atom is 0.407 e. The first-order chi connectivity index (χ1) is 17.5. The van der Waals surface area contributed by atoms with Gasteiger partial charge in [-0.05, 0) is 70.2 Å². The Morgan fingerprint density at radius 3 is 2.81 bits per heavy atom. The largest absolute Gasteiger partial charge is 0.489 e. The monoisotopic (exact) mass is 511 g/mol. The van der Waals surface area contributed by atoms with Crippen LogP contribution in [0.1, 0.15) is 56.1 Å². The predicted octanol–water partition coefficient (Wildman–Crippen LogP) is 4.06. The van der Waals surface area contributed by atoms with Crippen LogP contribution in [-0.2, 0) is 4.74 Å². The van der Waals surface area contributed by atoms with Crippen LogP contribution in [0.3, 0.4) is 0 Å². The van der Waals surface area contributed by atoms with Crippen molar-refractivity contribution in [2.75, 3.05) is 18.0 Å². The summed E-state index contributed by atoms with van der Waals surface area (Å²) in [6.45, 7) is 8.12. The molecule has 10 nitrogen and oxygen atoms in total. The molecule has 1 saturated heterocycles. The summed E-state index contributed by atoms with van der Waals surface area (Å²) in [6.07, 6.45) is 3.03. The third kappa shape index (κ3) is 5.16. The van der Waals surface area contributed by atoms with Crippen LogP contribution < -0.4 is 15.0 Å². The van der Waals surface area contributed by atoms with E-state index >= 15 is 0 Å². The number of nitrogens with zero attached hydrogens (tertiary/aromatic N) is 4. The fraction of sp³-hybridized carbons (Fsp3) is 0.462. The van der Waals surface area contributed by atoms with Gasteiger partial charge in [-0.25, -0.2) is 23.5 Å². The van der Waals surface area contributed by atoms with Crippen molar-refractivity contribution >= 4 is 23.5 Å². The van der Waals surface area contributed by atoms with Crippen molar-refractivity contribution in [3.8, 4) is 5.75 Å². The van der Waals surface area contributed by atoms with Crippen molar-refractivity contribution in [3.63, 3.8) is 0 Å². The van der Waals surface area contributed by atoms with Crippen molar-refractivity contribution in [3.05, 3.63) is 53.6 Å². The summed E-state index contributed by atoms with van der Waals surface area (Å²) in [6, 6.07) is 6.05. The number of ether oxygens (including phenoxy) is 2. The minimum atomic E-state index is -1.10. The Hall–Kier alpha value is -3.89. The quantitative estimate of drug-likeness (QED) is 0.488. The molecule has 0 radical (unpaired) electrons. The lowest BCUT2D eigenvalue weighted by Crippen LogP contribution is -2.38. The summed E-state index contributed by atoms with van der Waals surface area (Å²) in [5, 5.41) is 16.3. The molecule has 4 atom stereocenters. The Bertz CT molecular complexity index is 1350. The average molecular weight is 512 g/mol. The first-order valence-corrected chi connectivity index (χ1v) is 12.3. The molecular formula is C26H30FN5O5. The number of carbonyl (C=O) groups excluding carboxylic acids is 1. The number of aromatic nitrogens is 3. The third-order valence-electron chi connectivity index (χ3n) is 6.58. The molecule has 3 unspecified atom stereocenters. The molecule has 196 valence electrons. The Balaban J connectivity index is 1.39. The van der Waals surface area contributed by atoms with Gasteiger partial charge in [0.25, 0.3) is 0 Å². The molecule has 2 aromatic heterocycles. The molecule has 37 heavy (non-hydrogen) atoms. The Kier molecular flexibility index (Phi) is 6.17. The van der Waals surface area contributed by atoms with Crippen molar-refractivity contribution in [1.29, 1.82) is 0 Å². The van der Waals surface area contributed by atoms with Crippen molar-refractivity contribution < 1.29 is 28.6 Å². The second-order valence-corrected chi connectivity index (χ2v) is 10.7. The number of benzene rings is 1. The Morgan fingerprint density at radius 2 is 2.08 bits per heavy atom. The number of aromatic carboxylic acids is 1. The molecule has 2 aliphatic rings. The summed E-state index contributed by atoms with van der Waals surface area (Å²) < 4.78 is 27.4. The minimum Gasteiger partial charge on any atom is -0.489 e. The molecule has 1 saturated carbocycles. The Morgan fingerprint density at radius 1 is 1.30 bits per heavy atom. The zero-order valence-electron chi connectivity index (χ0n) is 21.1. The van der Waals surface area contributed by atoms with E-state index in [9.17, 15) is 19.1 Å². The normalized spacial score (nSPS) is 21.4. The van der Waals surface area contributed by atoms with Gasteiger partial charge in [0.1, 0.15) is 34.7 Å². The van der Waals surface area contributed by atoms with Crippen LogP contribution in [0.4, 0.5) is 15.0 Å². The molecule has 2 N–H and O–H groups in total. The highest BCUT2D eigenvalue weighted by atomic mass is 19.1. The molecular weight excluding hydrogens is 481 g/mol. The lowest BCUT2D eigenvalue weighted by molar-refractivity contribution is 0.0504. The molecule has 3 heterocycles. The molecule has 5 rings (SSSR count). The first-order valence-electron chi connectivity index (χ1n) is 12.3. The fourth-order valence-electron chi connectivity index (χ4n) is 4.93. The highest BCUT2D eigenvalue weighted by molar-refractivity contribution is 5.94. The first kappa shape index (κ1) is 24.8. The van der Waals surface area contributed by atoms with Crippen molar-refractivity contribution in [2.24, 2.45) is 11.8 Å². The van der Waals surface area contributed by atoms with Gasteiger partial charge in [-0.15, -0.1) is 0 Å². The topological polar surface area (TPSA) is 118 Å². The van der Waals surface area contributed by atoms with Crippen LogP contribution in [0.25, 0.3) is 5.65 Å².